The maximum absolute atomic E-state index is 10.4. The molecule has 4 rings (SSSR count). The van der Waals surface area contributed by atoms with Crippen molar-refractivity contribution < 1.29 is 20.1 Å². The molecule has 4 heteroatoms. The van der Waals surface area contributed by atoms with Crippen LogP contribution in [-0.2, 0) is 4.74 Å². The Labute approximate surface area is 194 Å². The monoisotopic (exact) mass is 444 g/mol. The van der Waals surface area contributed by atoms with Crippen LogP contribution in [0.5, 0.6) is 0 Å². The van der Waals surface area contributed by atoms with Crippen molar-refractivity contribution in [3.05, 3.63) is 35.5 Å². The molecule has 0 amide bonds. The molecule has 4 fully saturated rings. The van der Waals surface area contributed by atoms with Crippen LogP contribution in [0.1, 0.15) is 85.5 Å². The summed E-state index contributed by atoms with van der Waals surface area (Å²) in [6.07, 6.45) is 12.6. The number of hydrogen-bond acceptors (Lipinski definition) is 4. The SMILES string of the molecule is C=C1/C(=C\C=C2/CCC[C@]3(C)[C@@H]([C@H](C)[C@@H]4CC[C@H](C(C)(C)O)O4)CC[C@@H]23)C[C@@H](O)C[C@H]1O. The molecule has 180 valence electrons. The maximum atomic E-state index is 10.4. The van der Waals surface area contributed by atoms with Gasteiger partial charge in [-0.25, -0.2) is 0 Å². The second-order valence-electron chi connectivity index (χ2n) is 11.9. The van der Waals surface area contributed by atoms with Gasteiger partial charge in [-0.1, -0.05) is 38.2 Å². The van der Waals surface area contributed by atoms with Gasteiger partial charge in [-0.05, 0) is 99.5 Å². The van der Waals surface area contributed by atoms with Gasteiger partial charge in [0.25, 0.3) is 0 Å². The molecule has 4 aliphatic rings. The molecule has 0 radical (unpaired) electrons. The van der Waals surface area contributed by atoms with E-state index < -0.39 is 17.8 Å². The number of hydrogen-bond donors (Lipinski definition) is 3. The second-order valence-corrected chi connectivity index (χ2v) is 11.9. The van der Waals surface area contributed by atoms with E-state index in [1.165, 1.54) is 31.3 Å². The topological polar surface area (TPSA) is 69.9 Å². The summed E-state index contributed by atoms with van der Waals surface area (Å²) in [5.74, 6) is 1.74. The van der Waals surface area contributed by atoms with Gasteiger partial charge in [0.2, 0.25) is 0 Å². The second kappa shape index (κ2) is 9.02. The summed E-state index contributed by atoms with van der Waals surface area (Å²) in [6.45, 7) is 12.7. The Morgan fingerprint density at radius 3 is 2.59 bits per heavy atom. The minimum Gasteiger partial charge on any atom is -0.393 e. The normalized spacial score (nSPS) is 44.3. The number of ether oxygens (including phenoxy) is 1. The van der Waals surface area contributed by atoms with Crippen LogP contribution in [0.15, 0.2) is 35.5 Å². The zero-order chi connectivity index (χ0) is 23.3. The lowest BCUT2D eigenvalue weighted by molar-refractivity contribution is -0.104. The molecule has 0 unspecified atom stereocenters. The van der Waals surface area contributed by atoms with Crippen molar-refractivity contribution in [3.63, 3.8) is 0 Å². The highest BCUT2D eigenvalue weighted by Crippen LogP contribution is 2.60. The van der Waals surface area contributed by atoms with Gasteiger partial charge in [0.05, 0.1) is 30.0 Å². The molecule has 8 atom stereocenters. The molecule has 0 aromatic rings. The third-order valence-electron chi connectivity index (χ3n) is 9.36. The zero-order valence-electron chi connectivity index (χ0n) is 20.5. The van der Waals surface area contributed by atoms with Crippen LogP contribution in [0.4, 0.5) is 0 Å². The molecule has 1 aliphatic heterocycles. The molecule has 0 spiro atoms. The van der Waals surface area contributed by atoms with E-state index in [1.54, 1.807) is 0 Å². The molecule has 0 bridgehead atoms. The van der Waals surface area contributed by atoms with Crippen LogP contribution in [0.25, 0.3) is 0 Å². The van der Waals surface area contributed by atoms with Crippen LogP contribution < -0.4 is 0 Å². The lowest BCUT2D eigenvalue weighted by Gasteiger charge is -2.45. The zero-order valence-corrected chi connectivity index (χ0v) is 20.5. The Kier molecular flexibility index (Phi) is 6.82. The van der Waals surface area contributed by atoms with E-state index >= 15 is 0 Å². The largest absolute Gasteiger partial charge is 0.393 e. The van der Waals surface area contributed by atoms with Crippen molar-refractivity contribution in [2.24, 2.45) is 23.2 Å². The predicted molar refractivity (Wildman–Crippen MR) is 128 cm³/mol. The first-order valence-electron chi connectivity index (χ1n) is 12.8. The number of fused-ring (bicyclic) bond motifs is 1. The van der Waals surface area contributed by atoms with Crippen molar-refractivity contribution in [2.75, 3.05) is 0 Å². The Bertz CT molecular complexity index is 775. The van der Waals surface area contributed by atoms with Gasteiger partial charge in [0.1, 0.15) is 0 Å². The standard InChI is InChI=1S/C28H44O4/c1-17-20(15-21(29)16-24(17)30)9-8-19-7-6-14-28(5)22(10-11-23(19)28)18(2)25-12-13-26(32-25)27(3,4)31/h8-9,18,21-26,29-31H,1,6-7,10-16H2,2-5H3/b19-8+,20-9-/t18-,21+,22+,23-,24+,25-,26+,28+/m0/s1. The first kappa shape index (κ1) is 24.2. The smallest absolute Gasteiger partial charge is 0.0861 e. The van der Waals surface area contributed by atoms with Crippen molar-refractivity contribution >= 4 is 0 Å². The van der Waals surface area contributed by atoms with Gasteiger partial charge in [0.15, 0.2) is 0 Å². The number of aliphatic hydroxyl groups excluding tert-OH is 2. The molecule has 0 aromatic heterocycles. The molecule has 1 saturated heterocycles. The van der Waals surface area contributed by atoms with Gasteiger partial charge < -0.3 is 20.1 Å². The molecule has 4 nitrogen and oxygen atoms in total. The van der Waals surface area contributed by atoms with Crippen molar-refractivity contribution in [3.8, 4) is 0 Å². The number of aliphatic hydroxyl groups is 3. The predicted octanol–water partition coefficient (Wildman–Crippen LogP) is 5.08. The van der Waals surface area contributed by atoms with Crippen LogP contribution in [0, 0.1) is 23.2 Å². The number of rotatable bonds is 4. The Morgan fingerprint density at radius 1 is 1.16 bits per heavy atom. The van der Waals surface area contributed by atoms with Gasteiger partial charge in [-0.2, -0.15) is 0 Å². The Morgan fingerprint density at radius 2 is 1.91 bits per heavy atom. The Balaban J connectivity index is 1.49. The summed E-state index contributed by atoms with van der Waals surface area (Å²) in [5.41, 5.74) is 2.82. The molecule has 32 heavy (non-hydrogen) atoms. The van der Waals surface area contributed by atoms with Gasteiger partial charge in [-0.15, -0.1) is 0 Å². The molecule has 0 aromatic carbocycles. The minimum atomic E-state index is -0.769. The van der Waals surface area contributed by atoms with E-state index in [0.717, 1.165) is 30.4 Å². The van der Waals surface area contributed by atoms with E-state index in [0.29, 0.717) is 36.0 Å². The van der Waals surface area contributed by atoms with Crippen LogP contribution >= 0.6 is 0 Å². The summed E-state index contributed by atoms with van der Waals surface area (Å²) >= 11 is 0. The first-order valence-corrected chi connectivity index (χ1v) is 12.8. The fraction of sp³-hybridized carbons (Fsp3) is 0.786. The lowest BCUT2D eigenvalue weighted by Crippen LogP contribution is -2.41. The summed E-state index contributed by atoms with van der Waals surface area (Å²) in [7, 11) is 0. The highest BCUT2D eigenvalue weighted by molar-refractivity contribution is 5.38. The van der Waals surface area contributed by atoms with Gasteiger partial charge in [-0.3, -0.25) is 0 Å². The molecule has 3 saturated carbocycles. The molecule has 3 aliphatic carbocycles. The van der Waals surface area contributed by atoms with Crippen LogP contribution in [0.2, 0.25) is 0 Å². The summed E-state index contributed by atoms with van der Waals surface area (Å²) in [4.78, 5) is 0. The number of allylic oxidation sites excluding steroid dienone is 3. The Hall–Kier alpha value is -0.940. The lowest BCUT2D eigenvalue weighted by atomic mass is 9.60. The van der Waals surface area contributed by atoms with Gasteiger partial charge in [0, 0.05) is 6.42 Å². The van der Waals surface area contributed by atoms with Crippen molar-refractivity contribution in [2.45, 2.75) is 115 Å². The molecular formula is C28H44O4. The third-order valence-corrected chi connectivity index (χ3v) is 9.36. The van der Waals surface area contributed by atoms with E-state index in [4.69, 9.17) is 4.74 Å². The summed E-state index contributed by atoms with van der Waals surface area (Å²) in [6, 6.07) is 0. The highest BCUT2D eigenvalue weighted by Gasteiger charge is 2.53. The summed E-state index contributed by atoms with van der Waals surface area (Å²) in [5, 5.41) is 30.6. The van der Waals surface area contributed by atoms with E-state index in [-0.39, 0.29) is 12.2 Å². The van der Waals surface area contributed by atoms with Crippen LogP contribution in [0.3, 0.4) is 0 Å². The van der Waals surface area contributed by atoms with E-state index in [1.807, 2.05) is 13.8 Å². The molecule has 3 N–H and O–H groups in total. The molecular weight excluding hydrogens is 400 g/mol. The van der Waals surface area contributed by atoms with E-state index in [9.17, 15) is 15.3 Å². The first-order chi connectivity index (χ1) is 15.0. The van der Waals surface area contributed by atoms with E-state index in [2.05, 4.69) is 32.6 Å². The highest BCUT2D eigenvalue weighted by atomic mass is 16.5. The fourth-order valence-corrected chi connectivity index (χ4v) is 7.44. The maximum Gasteiger partial charge on any atom is 0.0861 e. The average molecular weight is 445 g/mol. The minimum absolute atomic E-state index is 0.0531. The summed E-state index contributed by atoms with van der Waals surface area (Å²) < 4.78 is 6.38. The third kappa shape index (κ3) is 4.53. The van der Waals surface area contributed by atoms with Crippen molar-refractivity contribution in [1.29, 1.82) is 0 Å². The average Bonchev–Trinajstić information content (AvgIpc) is 3.34. The van der Waals surface area contributed by atoms with Crippen LogP contribution in [-0.4, -0.2) is 45.3 Å². The molecule has 1 heterocycles. The quantitative estimate of drug-likeness (QED) is 0.565. The fourth-order valence-electron chi connectivity index (χ4n) is 7.44. The van der Waals surface area contributed by atoms with Crippen molar-refractivity contribution in [1.82, 2.24) is 0 Å². The van der Waals surface area contributed by atoms with Gasteiger partial charge >= 0.3 is 0 Å².